The molecule has 0 aromatic heterocycles. The number of aliphatic hydroxyl groups excluding tert-OH is 1. The highest BCUT2D eigenvalue weighted by Gasteiger charge is 2.08. The number of aliphatic carboxylic acids is 2. The number of carboxylic acids is 2. The number of hydrogen-bond acceptors (Lipinski definition) is 3. The van der Waals surface area contributed by atoms with E-state index in [0.717, 1.165) is 38.5 Å². The predicted octanol–water partition coefficient (Wildman–Crippen LogP) is 2.03. The molecule has 5 nitrogen and oxygen atoms in total. The molecule has 0 amide bonds. The first-order valence-electron chi connectivity index (χ1n) is 6.14. The van der Waals surface area contributed by atoms with Crippen LogP contribution in [-0.4, -0.2) is 33.4 Å². The molecule has 0 fully saturated rings. The Kier molecular flexibility index (Phi) is 9.43. The molecule has 5 heteroatoms. The van der Waals surface area contributed by atoms with E-state index >= 15 is 0 Å². The molecule has 3 N–H and O–H groups in total. The van der Waals surface area contributed by atoms with Crippen LogP contribution < -0.4 is 0 Å². The molecule has 17 heavy (non-hydrogen) atoms. The summed E-state index contributed by atoms with van der Waals surface area (Å²) in [5, 5.41) is 26.1. The fourth-order valence-corrected chi connectivity index (χ4v) is 1.67. The van der Waals surface area contributed by atoms with E-state index in [1.807, 2.05) is 0 Å². The molecule has 100 valence electrons. The summed E-state index contributed by atoms with van der Waals surface area (Å²) >= 11 is 0. The van der Waals surface area contributed by atoms with Gasteiger partial charge in [-0.05, 0) is 12.8 Å². The maximum atomic E-state index is 10.3. The molecule has 0 aromatic rings. The second-order valence-corrected chi connectivity index (χ2v) is 4.31. The summed E-state index contributed by atoms with van der Waals surface area (Å²) < 4.78 is 0. The molecule has 0 aliphatic heterocycles. The predicted molar refractivity (Wildman–Crippen MR) is 62.8 cm³/mol. The lowest BCUT2D eigenvalue weighted by Gasteiger charge is -2.07. The third-order valence-corrected chi connectivity index (χ3v) is 2.59. The minimum absolute atomic E-state index is 0.182. The highest BCUT2D eigenvalue weighted by atomic mass is 16.4. The molecule has 0 saturated heterocycles. The topological polar surface area (TPSA) is 94.8 Å². The molecule has 1 atom stereocenters. The summed E-state index contributed by atoms with van der Waals surface area (Å²) in [4.78, 5) is 20.5. The Morgan fingerprint density at radius 2 is 1.35 bits per heavy atom. The van der Waals surface area contributed by atoms with E-state index in [4.69, 9.17) is 10.2 Å². The van der Waals surface area contributed by atoms with Gasteiger partial charge in [0.2, 0.25) is 0 Å². The second kappa shape index (κ2) is 10.1. The van der Waals surface area contributed by atoms with E-state index in [0.29, 0.717) is 6.42 Å². The Bertz CT molecular complexity index is 227. The molecular weight excluding hydrogens is 224 g/mol. The van der Waals surface area contributed by atoms with Gasteiger partial charge in [-0.15, -0.1) is 0 Å². The van der Waals surface area contributed by atoms with Gasteiger partial charge in [-0.2, -0.15) is 0 Å². The molecule has 0 aliphatic rings. The van der Waals surface area contributed by atoms with Crippen LogP contribution in [0.5, 0.6) is 0 Å². The van der Waals surface area contributed by atoms with Crippen LogP contribution in [0.15, 0.2) is 0 Å². The van der Waals surface area contributed by atoms with Gasteiger partial charge in [-0.25, -0.2) is 0 Å². The van der Waals surface area contributed by atoms with Crippen LogP contribution in [0.1, 0.15) is 57.8 Å². The monoisotopic (exact) mass is 246 g/mol. The first-order valence-corrected chi connectivity index (χ1v) is 6.14. The number of hydrogen-bond donors (Lipinski definition) is 3. The Balaban J connectivity index is 3.18. The average Bonchev–Trinajstić information content (AvgIpc) is 2.20. The molecule has 0 saturated carbocycles. The van der Waals surface area contributed by atoms with Gasteiger partial charge >= 0.3 is 11.9 Å². The van der Waals surface area contributed by atoms with Crippen LogP contribution in [0.3, 0.4) is 0 Å². The van der Waals surface area contributed by atoms with Gasteiger partial charge in [-0.3, -0.25) is 9.59 Å². The van der Waals surface area contributed by atoms with E-state index < -0.39 is 18.0 Å². The number of aliphatic hydroxyl groups is 1. The number of carbonyl (C=O) groups is 2. The maximum absolute atomic E-state index is 10.3. The second-order valence-electron chi connectivity index (χ2n) is 4.31. The summed E-state index contributed by atoms with van der Waals surface area (Å²) in [6.45, 7) is 0. The Morgan fingerprint density at radius 1 is 0.824 bits per heavy atom. The summed E-state index contributed by atoms with van der Waals surface area (Å²) in [5.74, 6) is -1.71. The van der Waals surface area contributed by atoms with Crippen molar-refractivity contribution in [3.8, 4) is 0 Å². The van der Waals surface area contributed by atoms with Crippen molar-refractivity contribution in [3.05, 3.63) is 0 Å². The van der Waals surface area contributed by atoms with E-state index in [2.05, 4.69) is 0 Å². The highest BCUT2D eigenvalue weighted by molar-refractivity contribution is 5.67. The quantitative estimate of drug-likeness (QED) is 0.485. The Hall–Kier alpha value is -1.10. The molecule has 0 spiro atoms. The van der Waals surface area contributed by atoms with Gasteiger partial charge in [0.1, 0.15) is 0 Å². The number of rotatable bonds is 11. The van der Waals surface area contributed by atoms with Crippen LogP contribution >= 0.6 is 0 Å². The number of unbranched alkanes of at least 4 members (excludes halogenated alkanes) is 5. The molecule has 0 bridgehead atoms. The lowest BCUT2D eigenvalue weighted by molar-refractivity contribution is -0.139. The minimum Gasteiger partial charge on any atom is -0.481 e. The normalized spacial score (nSPS) is 12.3. The van der Waals surface area contributed by atoms with Gasteiger partial charge in [0, 0.05) is 6.42 Å². The SMILES string of the molecule is O=C(O)CCCCCCCC[C@H](O)CC(=O)O. The summed E-state index contributed by atoms with van der Waals surface area (Å²) in [6.07, 6.45) is 5.29. The Labute approximate surface area is 101 Å². The molecule has 0 unspecified atom stereocenters. The van der Waals surface area contributed by atoms with Crippen LogP contribution in [0.25, 0.3) is 0 Å². The summed E-state index contributed by atoms with van der Waals surface area (Å²) in [6, 6.07) is 0. The minimum atomic E-state index is -0.967. The first-order chi connectivity index (χ1) is 8.02. The first kappa shape index (κ1) is 15.9. The molecule has 0 heterocycles. The van der Waals surface area contributed by atoms with Gasteiger partial charge in [0.25, 0.3) is 0 Å². The lowest BCUT2D eigenvalue weighted by atomic mass is 10.0. The van der Waals surface area contributed by atoms with Crippen molar-refractivity contribution in [1.82, 2.24) is 0 Å². The zero-order chi connectivity index (χ0) is 13.1. The van der Waals surface area contributed by atoms with Crippen LogP contribution in [0, 0.1) is 0 Å². The van der Waals surface area contributed by atoms with Crippen molar-refractivity contribution in [2.75, 3.05) is 0 Å². The molecule has 0 aliphatic carbocycles. The van der Waals surface area contributed by atoms with Gasteiger partial charge < -0.3 is 15.3 Å². The van der Waals surface area contributed by atoms with Crippen LogP contribution in [0.4, 0.5) is 0 Å². The van der Waals surface area contributed by atoms with Crippen molar-refractivity contribution in [3.63, 3.8) is 0 Å². The van der Waals surface area contributed by atoms with E-state index in [-0.39, 0.29) is 12.8 Å². The third-order valence-electron chi connectivity index (χ3n) is 2.59. The zero-order valence-electron chi connectivity index (χ0n) is 10.1. The summed E-state index contributed by atoms with van der Waals surface area (Å²) in [5.41, 5.74) is 0. The average molecular weight is 246 g/mol. The van der Waals surface area contributed by atoms with Crippen LogP contribution in [0.2, 0.25) is 0 Å². The largest absolute Gasteiger partial charge is 0.481 e. The van der Waals surface area contributed by atoms with E-state index in [1.54, 1.807) is 0 Å². The van der Waals surface area contributed by atoms with Gasteiger partial charge in [-0.1, -0.05) is 32.1 Å². The fraction of sp³-hybridized carbons (Fsp3) is 0.833. The van der Waals surface area contributed by atoms with Crippen molar-refractivity contribution in [2.45, 2.75) is 63.9 Å². The van der Waals surface area contributed by atoms with Gasteiger partial charge in [0.15, 0.2) is 0 Å². The number of carboxylic acid groups (broad SMARTS) is 2. The highest BCUT2D eigenvalue weighted by Crippen LogP contribution is 2.11. The molecule has 0 radical (unpaired) electrons. The van der Waals surface area contributed by atoms with Crippen molar-refractivity contribution in [1.29, 1.82) is 0 Å². The zero-order valence-corrected chi connectivity index (χ0v) is 10.1. The lowest BCUT2D eigenvalue weighted by Crippen LogP contribution is -2.12. The Morgan fingerprint density at radius 3 is 1.88 bits per heavy atom. The maximum Gasteiger partial charge on any atom is 0.305 e. The van der Waals surface area contributed by atoms with E-state index in [1.165, 1.54) is 0 Å². The standard InChI is InChI=1S/C12H22O5/c13-10(9-12(16)17)7-5-3-1-2-4-6-8-11(14)15/h10,13H,1-9H2,(H,14,15)(H,16,17)/t10-/m0/s1. The van der Waals surface area contributed by atoms with Crippen molar-refractivity contribution in [2.24, 2.45) is 0 Å². The third kappa shape index (κ3) is 12.8. The fourth-order valence-electron chi connectivity index (χ4n) is 1.67. The molecule has 0 rings (SSSR count). The van der Waals surface area contributed by atoms with E-state index in [9.17, 15) is 14.7 Å². The summed E-state index contributed by atoms with van der Waals surface area (Å²) in [7, 11) is 0. The molecule has 0 aromatic carbocycles. The molecular formula is C12H22O5. The smallest absolute Gasteiger partial charge is 0.305 e. The van der Waals surface area contributed by atoms with Gasteiger partial charge in [0.05, 0.1) is 12.5 Å². The van der Waals surface area contributed by atoms with Crippen molar-refractivity contribution >= 4 is 11.9 Å². The van der Waals surface area contributed by atoms with Crippen molar-refractivity contribution < 1.29 is 24.9 Å². The van der Waals surface area contributed by atoms with Crippen LogP contribution in [-0.2, 0) is 9.59 Å².